The molecule has 64 valence electrons. The quantitative estimate of drug-likeness (QED) is 0.491. The minimum absolute atomic E-state index is 0.461. The Morgan fingerprint density at radius 2 is 2.33 bits per heavy atom. The van der Waals surface area contributed by atoms with Gasteiger partial charge in [0.2, 0.25) is 0 Å². The maximum atomic E-state index is 12.3. The molecule has 1 aromatic heterocycles. The summed E-state index contributed by atoms with van der Waals surface area (Å²) in [5, 5.41) is 10.1. The van der Waals surface area contributed by atoms with Crippen molar-refractivity contribution in [3.05, 3.63) is 27.7 Å². The Hall–Kier alpha value is -1.92. The van der Waals surface area contributed by atoms with Crippen molar-refractivity contribution in [2.45, 2.75) is 0 Å². The number of aromatic amines is 1. The number of rotatable bonds is 2. The van der Waals surface area contributed by atoms with Crippen LogP contribution in [-0.2, 0) is 0 Å². The van der Waals surface area contributed by atoms with Gasteiger partial charge in [-0.1, -0.05) is 0 Å². The van der Waals surface area contributed by atoms with E-state index in [2.05, 4.69) is 0 Å². The number of halogens is 1. The molecule has 7 heteroatoms. The topological polar surface area (TPSA) is 102 Å². The number of carbonyl (C=O) groups is 1. The molecule has 1 heterocycles. The number of nitrogens with two attached hydrogens (primary N) is 1. The Morgan fingerprint density at radius 3 is 2.67 bits per heavy atom. The number of nitrogens with one attached hydrogen (secondary N) is 1. The summed E-state index contributed by atoms with van der Waals surface area (Å²) in [5.74, 6) is -2.72. The number of carbonyl (C=O) groups excluding carboxylic acids is 1. The molecule has 3 N–H and O–H groups in total. The standard InChI is InChI=1S/C5H4FN3O3/c6-3-1-2(4(7)10)5(8-3)9(11)12/h1,8H,(H2,7,10). The highest BCUT2D eigenvalue weighted by atomic mass is 19.1. The SMILES string of the molecule is NC(=O)c1cc(F)[nH]c1[N+](=O)[O-]. The monoisotopic (exact) mass is 173 g/mol. The first-order valence-electron chi connectivity index (χ1n) is 2.85. The van der Waals surface area contributed by atoms with Crippen molar-refractivity contribution in [3.8, 4) is 0 Å². The molecule has 0 bridgehead atoms. The molecule has 0 aliphatic rings. The van der Waals surface area contributed by atoms with Gasteiger partial charge in [-0.3, -0.25) is 4.79 Å². The molecule has 0 aliphatic carbocycles. The maximum Gasteiger partial charge on any atom is 0.336 e. The second kappa shape index (κ2) is 2.61. The zero-order chi connectivity index (χ0) is 9.30. The van der Waals surface area contributed by atoms with Crippen LogP contribution in [0.25, 0.3) is 0 Å². The Morgan fingerprint density at radius 1 is 1.75 bits per heavy atom. The first kappa shape index (κ1) is 8.18. The minimum Gasteiger partial charge on any atom is -0.365 e. The number of hydrogen-bond acceptors (Lipinski definition) is 3. The lowest BCUT2D eigenvalue weighted by Crippen LogP contribution is -2.11. The molecule has 0 unspecified atom stereocenters. The first-order valence-corrected chi connectivity index (χ1v) is 2.85. The van der Waals surface area contributed by atoms with Crippen LogP contribution in [-0.4, -0.2) is 15.8 Å². The summed E-state index contributed by atoms with van der Waals surface area (Å²) >= 11 is 0. The number of hydrogen-bond donors (Lipinski definition) is 2. The van der Waals surface area contributed by atoms with E-state index < -0.39 is 28.2 Å². The molecule has 1 rings (SSSR count). The number of nitro groups is 1. The number of aromatic nitrogens is 1. The van der Waals surface area contributed by atoms with Gasteiger partial charge in [-0.15, -0.1) is 0 Å². The number of H-pyrrole nitrogens is 1. The number of nitrogens with zero attached hydrogens (tertiary/aromatic N) is 1. The van der Waals surface area contributed by atoms with E-state index in [-0.39, 0.29) is 0 Å². The molecule has 0 atom stereocenters. The molecule has 1 aromatic rings. The lowest BCUT2D eigenvalue weighted by Gasteiger charge is -1.91. The van der Waals surface area contributed by atoms with Crippen LogP contribution < -0.4 is 5.73 Å². The van der Waals surface area contributed by atoms with Crippen molar-refractivity contribution in [2.24, 2.45) is 5.73 Å². The van der Waals surface area contributed by atoms with Crippen LogP contribution in [0.4, 0.5) is 10.2 Å². The predicted octanol–water partition coefficient (Wildman–Crippen LogP) is 0.161. The zero-order valence-electron chi connectivity index (χ0n) is 5.70. The van der Waals surface area contributed by atoms with Gasteiger partial charge >= 0.3 is 5.82 Å². The molecule has 0 fully saturated rings. The molecule has 1 amide bonds. The van der Waals surface area contributed by atoms with Crippen LogP contribution in [0, 0.1) is 16.1 Å². The van der Waals surface area contributed by atoms with Crippen molar-refractivity contribution >= 4 is 11.7 Å². The highest BCUT2D eigenvalue weighted by Crippen LogP contribution is 2.16. The largest absolute Gasteiger partial charge is 0.365 e. The average Bonchev–Trinajstić information content (AvgIpc) is 2.31. The van der Waals surface area contributed by atoms with Crippen molar-refractivity contribution in [3.63, 3.8) is 0 Å². The van der Waals surface area contributed by atoms with E-state index in [1.807, 2.05) is 0 Å². The van der Waals surface area contributed by atoms with Gasteiger partial charge in [-0.2, -0.15) is 4.39 Å². The van der Waals surface area contributed by atoms with E-state index in [0.717, 1.165) is 0 Å². The predicted molar refractivity (Wildman–Crippen MR) is 35.9 cm³/mol. The summed E-state index contributed by atoms with van der Waals surface area (Å²) in [7, 11) is 0. The third kappa shape index (κ3) is 1.24. The smallest absolute Gasteiger partial charge is 0.336 e. The van der Waals surface area contributed by atoms with Gasteiger partial charge in [0.05, 0.1) is 0 Å². The summed E-state index contributed by atoms with van der Waals surface area (Å²) < 4.78 is 12.3. The summed E-state index contributed by atoms with van der Waals surface area (Å²) in [6, 6.07) is 0.681. The third-order valence-electron chi connectivity index (χ3n) is 1.21. The highest BCUT2D eigenvalue weighted by molar-refractivity contribution is 5.96. The first-order chi connectivity index (χ1) is 5.52. The summed E-state index contributed by atoms with van der Waals surface area (Å²) in [5.41, 5.74) is 4.28. The fourth-order valence-electron chi connectivity index (χ4n) is 0.743. The summed E-state index contributed by atoms with van der Waals surface area (Å²) in [6.07, 6.45) is 0. The fourth-order valence-corrected chi connectivity index (χ4v) is 0.743. The van der Waals surface area contributed by atoms with Crippen LogP contribution in [0.2, 0.25) is 0 Å². The Kier molecular flexibility index (Phi) is 1.78. The fraction of sp³-hybridized carbons (Fsp3) is 0. The molecule has 6 nitrogen and oxygen atoms in total. The molecule has 0 saturated heterocycles. The van der Waals surface area contributed by atoms with Crippen LogP contribution >= 0.6 is 0 Å². The van der Waals surface area contributed by atoms with E-state index in [0.29, 0.717) is 6.07 Å². The van der Waals surface area contributed by atoms with Gasteiger partial charge in [0.15, 0.2) is 0 Å². The van der Waals surface area contributed by atoms with E-state index in [1.165, 1.54) is 0 Å². The molecule has 0 aliphatic heterocycles. The molecular weight excluding hydrogens is 169 g/mol. The molecule has 12 heavy (non-hydrogen) atoms. The van der Waals surface area contributed by atoms with Crippen LogP contribution in [0.1, 0.15) is 10.4 Å². The third-order valence-corrected chi connectivity index (χ3v) is 1.21. The van der Waals surface area contributed by atoms with Crippen LogP contribution in [0.5, 0.6) is 0 Å². The zero-order valence-corrected chi connectivity index (χ0v) is 5.70. The second-order valence-electron chi connectivity index (χ2n) is 2.00. The molecule has 0 aromatic carbocycles. The minimum atomic E-state index is -1.04. The number of primary amides is 1. The van der Waals surface area contributed by atoms with Crippen molar-refractivity contribution in [1.82, 2.24) is 4.98 Å². The van der Waals surface area contributed by atoms with Gasteiger partial charge in [0.1, 0.15) is 5.56 Å². The van der Waals surface area contributed by atoms with Gasteiger partial charge in [0, 0.05) is 6.07 Å². The van der Waals surface area contributed by atoms with E-state index in [4.69, 9.17) is 5.73 Å². The second-order valence-corrected chi connectivity index (χ2v) is 2.00. The molecule has 0 saturated carbocycles. The van der Waals surface area contributed by atoms with Crippen molar-refractivity contribution < 1.29 is 14.1 Å². The van der Waals surface area contributed by atoms with Crippen molar-refractivity contribution in [1.29, 1.82) is 0 Å². The summed E-state index contributed by atoms with van der Waals surface area (Å²) in [6.45, 7) is 0. The van der Waals surface area contributed by atoms with E-state index in [1.54, 1.807) is 4.98 Å². The van der Waals surface area contributed by atoms with E-state index in [9.17, 15) is 19.3 Å². The van der Waals surface area contributed by atoms with Gasteiger partial charge in [-0.05, 0) is 4.92 Å². The lowest BCUT2D eigenvalue weighted by atomic mass is 10.3. The molecule has 0 spiro atoms. The Balaban J connectivity index is 3.26. The molecular formula is C5H4FN3O3. The van der Waals surface area contributed by atoms with Gasteiger partial charge in [-0.25, -0.2) is 4.98 Å². The van der Waals surface area contributed by atoms with Crippen LogP contribution in [0.15, 0.2) is 6.07 Å². The van der Waals surface area contributed by atoms with E-state index >= 15 is 0 Å². The maximum absolute atomic E-state index is 12.3. The average molecular weight is 173 g/mol. The van der Waals surface area contributed by atoms with Crippen molar-refractivity contribution in [2.75, 3.05) is 0 Å². The summed E-state index contributed by atoms with van der Waals surface area (Å²) in [4.78, 5) is 21.5. The Labute approximate surface area is 65.3 Å². The number of amides is 1. The lowest BCUT2D eigenvalue weighted by molar-refractivity contribution is -0.389. The molecule has 0 radical (unpaired) electrons. The highest BCUT2D eigenvalue weighted by Gasteiger charge is 2.21. The normalized spacial score (nSPS) is 9.75. The Bertz CT molecular complexity index is 314. The van der Waals surface area contributed by atoms with Gasteiger partial charge in [0.25, 0.3) is 11.9 Å². The van der Waals surface area contributed by atoms with Crippen LogP contribution in [0.3, 0.4) is 0 Å². The van der Waals surface area contributed by atoms with Gasteiger partial charge < -0.3 is 15.8 Å².